The van der Waals surface area contributed by atoms with Crippen LogP contribution in [-0.2, 0) is 10.0 Å². The zero-order valence-corrected chi connectivity index (χ0v) is 9.03. The van der Waals surface area contributed by atoms with Gasteiger partial charge in [-0.1, -0.05) is 0 Å². The molecule has 0 aliphatic rings. The van der Waals surface area contributed by atoms with Crippen LogP contribution in [0.25, 0.3) is 0 Å². The number of aromatic hydroxyl groups is 1. The molecular formula is C9H13NO4S. The Kier molecular flexibility index (Phi) is 3.67. The first-order valence-corrected chi connectivity index (χ1v) is 5.87. The second-order valence-corrected chi connectivity index (χ2v) is 4.96. The summed E-state index contributed by atoms with van der Waals surface area (Å²) >= 11 is 0. The van der Waals surface area contributed by atoms with Crippen LogP contribution < -0.4 is 4.72 Å². The Morgan fingerprint density at radius 1 is 1.33 bits per heavy atom. The summed E-state index contributed by atoms with van der Waals surface area (Å²) in [6, 6.07) is 5.16. The van der Waals surface area contributed by atoms with Crippen molar-refractivity contribution in [3.8, 4) is 5.75 Å². The molecule has 0 fully saturated rings. The minimum Gasteiger partial charge on any atom is -0.508 e. The highest BCUT2D eigenvalue weighted by Gasteiger charge is 2.13. The molecule has 0 spiro atoms. The zero-order valence-electron chi connectivity index (χ0n) is 8.21. The van der Waals surface area contributed by atoms with Gasteiger partial charge in [-0.15, -0.1) is 0 Å². The van der Waals surface area contributed by atoms with Gasteiger partial charge in [-0.2, -0.15) is 0 Å². The SMILES string of the molecule is CC(O)CNS(=O)(=O)c1ccc(O)cc1. The Labute approximate surface area is 88.4 Å². The topological polar surface area (TPSA) is 86.6 Å². The number of aliphatic hydroxyl groups excluding tert-OH is 1. The molecule has 3 N–H and O–H groups in total. The van der Waals surface area contributed by atoms with Crippen LogP contribution in [0.4, 0.5) is 0 Å². The lowest BCUT2D eigenvalue weighted by Gasteiger charge is -2.08. The smallest absolute Gasteiger partial charge is 0.240 e. The molecule has 1 atom stereocenters. The first-order valence-electron chi connectivity index (χ1n) is 4.38. The lowest BCUT2D eigenvalue weighted by Crippen LogP contribution is -2.30. The van der Waals surface area contributed by atoms with Crippen molar-refractivity contribution in [1.29, 1.82) is 0 Å². The van der Waals surface area contributed by atoms with E-state index in [1.165, 1.54) is 31.2 Å². The number of benzene rings is 1. The van der Waals surface area contributed by atoms with Gasteiger partial charge in [0, 0.05) is 6.54 Å². The van der Waals surface area contributed by atoms with Gasteiger partial charge in [0.25, 0.3) is 0 Å². The van der Waals surface area contributed by atoms with Crippen molar-refractivity contribution < 1.29 is 18.6 Å². The molecule has 0 bridgehead atoms. The van der Waals surface area contributed by atoms with Crippen LogP contribution in [0.3, 0.4) is 0 Å². The standard InChI is InChI=1S/C9H13NO4S/c1-7(11)6-10-15(13,14)9-4-2-8(12)3-5-9/h2-5,7,10-12H,6H2,1H3. The molecule has 5 nitrogen and oxygen atoms in total. The number of aliphatic hydroxyl groups is 1. The highest BCUT2D eigenvalue weighted by molar-refractivity contribution is 7.89. The summed E-state index contributed by atoms with van der Waals surface area (Å²) in [5.41, 5.74) is 0. The average Bonchev–Trinajstić information content (AvgIpc) is 2.16. The van der Waals surface area contributed by atoms with Gasteiger partial charge in [-0.25, -0.2) is 13.1 Å². The van der Waals surface area contributed by atoms with Gasteiger partial charge in [0.15, 0.2) is 0 Å². The number of nitrogens with one attached hydrogen (secondary N) is 1. The molecule has 0 aliphatic carbocycles. The van der Waals surface area contributed by atoms with E-state index in [2.05, 4.69) is 4.72 Å². The number of phenolic OH excluding ortho intramolecular Hbond substituents is 1. The quantitative estimate of drug-likeness (QED) is 0.683. The fourth-order valence-electron chi connectivity index (χ4n) is 0.939. The summed E-state index contributed by atoms with van der Waals surface area (Å²) in [7, 11) is -3.59. The first kappa shape index (κ1) is 12.0. The first-order chi connectivity index (χ1) is 6.92. The predicted molar refractivity (Wildman–Crippen MR) is 55.0 cm³/mol. The summed E-state index contributed by atoms with van der Waals surface area (Å²) in [4.78, 5) is 0.0564. The van der Waals surface area contributed by atoms with E-state index in [4.69, 9.17) is 10.2 Å². The molecule has 0 aromatic heterocycles. The average molecular weight is 231 g/mol. The molecule has 15 heavy (non-hydrogen) atoms. The molecule has 0 saturated carbocycles. The van der Waals surface area contributed by atoms with Gasteiger partial charge in [0.2, 0.25) is 10.0 Å². The van der Waals surface area contributed by atoms with E-state index in [0.717, 1.165) is 0 Å². The predicted octanol–water partition coefficient (Wildman–Crippen LogP) is 0.0513. The van der Waals surface area contributed by atoms with Crippen LogP contribution in [0, 0.1) is 0 Å². The molecular weight excluding hydrogens is 218 g/mol. The van der Waals surface area contributed by atoms with Crippen LogP contribution in [0.15, 0.2) is 29.2 Å². The Bertz CT molecular complexity index is 410. The fourth-order valence-corrected chi connectivity index (χ4v) is 2.06. The maximum atomic E-state index is 11.5. The third kappa shape index (κ3) is 3.50. The van der Waals surface area contributed by atoms with Gasteiger partial charge in [0.05, 0.1) is 11.0 Å². The zero-order chi connectivity index (χ0) is 11.5. The van der Waals surface area contributed by atoms with Crippen molar-refractivity contribution >= 4 is 10.0 Å². The lowest BCUT2D eigenvalue weighted by atomic mass is 10.3. The monoisotopic (exact) mass is 231 g/mol. The second-order valence-electron chi connectivity index (χ2n) is 3.19. The van der Waals surface area contributed by atoms with E-state index >= 15 is 0 Å². The minimum atomic E-state index is -3.59. The number of phenols is 1. The maximum Gasteiger partial charge on any atom is 0.240 e. The van der Waals surface area contributed by atoms with Gasteiger partial charge in [0.1, 0.15) is 5.75 Å². The third-order valence-electron chi connectivity index (χ3n) is 1.72. The molecule has 1 unspecified atom stereocenters. The van der Waals surface area contributed by atoms with Gasteiger partial charge in [-0.05, 0) is 31.2 Å². The Balaban J connectivity index is 2.82. The van der Waals surface area contributed by atoms with Crippen molar-refractivity contribution in [1.82, 2.24) is 4.72 Å². The van der Waals surface area contributed by atoms with Crippen LogP contribution >= 0.6 is 0 Å². The molecule has 0 radical (unpaired) electrons. The summed E-state index contributed by atoms with van der Waals surface area (Å²) in [5, 5.41) is 17.9. The van der Waals surface area contributed by atoms with Crippen molar-refractivity contribution in [2.75, 3.05) is 6.54 Å². The molecule has 0 amide bonds. The number of sulfonamides is 1. The highest BCUT2D eigenvalue weighted by Crippen LogP contribution is 2.13. The van der Waals surface area contributed by atoms with Crippen molar-refractivity contribution in [3.05, 3.63) is 24.3 Å². The summed E-state index contributed by atoms with van der Waals surface area (Å²) in [5.74, 6) is 0.00414. The van der Waals surface area contributed by atoms with Crippen LogP contribution in [0.5, 0.6) is 5.75 Å². The molecule has 0 aliphatic heterocycles. The molecule has 1 rings (SSSR count). The van der Waals surface area contributed by atoms with Crippen molar-refractivity contribution in [2.24, 2.45) is 0 Å². The molecule has 1 aromatic rings. The van der Waals surface area contributed by atoms with Crippen LogP contribution in [0.1, 0.15) is 6.92 Å². The van der Waals surface area contributed by atoms with Crippen molar-refractivity contribution in [3.63, 3.8) is 0 Å². The van der Waals surface area contributed by atoms with E-state index in [1.54, 1.807) is 0 Å². The molecule has 0 saturated heterocycles. The van der Waals surface area contributed by atoms with E-state index in [1.807, 2.05) is 0 Å². The van der Waals surface area contributed by atoms with Crippen LogP contribution in [-0.4, -0.2) is 31.3 Å². The van der Waals surface area contributed by atoms with Gasteiger partial charge < -0.3 is 10.2 Å². The number of rotatable bonds is 4. The van der Waals surface area contributed by atoms with E-state index in [-0.39, 0.29) is 17.2 Å². The largest absolute Gasteiger partial charge is 0.508 e. The van der Waals surface area contributed by atoms with E-state index in [9.17, 15) is 8.42 Å². The number of hydrogen-bond acceptors (Lipinski definition) is 4. The minimum absolute atomic E-state index is 0.00414. The van der Waals surface area contributed by atoms with Crippen LogP contribution in [0.2, 0.25) is 0 Å². The Hall–Kier alpha value is -1.11. The van der Waals surface area contributed by atoms with Gasteiger partial charge >= 0.3 is 0 Å². The summed E-state index contributed by atoms with van der Waals surface area (Å²) in [6.07, 6.45) is -0.739. The summed E-state index contributed by atoms with van der Waals surface area (Å²) < 4.78 is 25.3. The highest BCUT2D eigenvalue weighted by atomic mass is 32.2. The molecule has 84 valence electrons. The van der Waals surface area contributed by atoms with E-state index < -0.39 is 16.1 Å². The molecule has 6 heteroatoms. The Morgan fingerprint density at radius 2 is 1.87 bits per heavy atom. The van der Waals surface area contributed by atoms with E-state index in [0.29, 0.717) is 0 Å². The second kappa shape index (κ2) is 4.61. The molecule has 0 heterocycles. The number of hydrogen-bond donors (Lipinski definition) is 3. The summed E-state index contributed by atoms with van der Waals surface area (Å²) in [6.45, 7) is 1.45. The fraction of sp³-hybridized carbons (Fsp3) is 0.333. The normalized spacial score (nSPS) is 13.7. The maximum absolute atomic E-state index is 11.5. The third-order valence-corrected chi connectivity index (χ3v) is 3.16. The van der Waals surface area contributed by atoms with Gasteiger partial charge in [-0.3, -0.25) is 0 Å². The van der Waals surface area contributed by atoms with Crippen molar-refractivity contribution in [2.45, 2.75) is 17.9 Å². The lowest BCUT2D eigenvalue weighted by molar-refractivity contribution is 0.198. The Morgan fingerprint density at radius 3 is 2.33 bits per heavy atom. The molecule has 1 aromatic carbocycles.